The van der Waals surface area contributed by atoms with Crippen molar-refractivity contribution < 1.29 is 27.4 Å². The molecule has 2 amide bonds. The number of hydrogen-bond donors (Lipinski definition) is 0. The number of aromatic nitrogens is 3. The van der Waals surface area contributed by atoms with Gasteiger partial charge in [0.05, 0.1) is 43.3 Å². The first kappa shape index (κ1) is 25.3. The summed E-state index contributed by atoms with van der Waals surface area (Å²) < 4.78 is 51.6. The number of likely N-dealkylation sites (N-methyl/N-ethyl adjacent to an activating group) is 1. The number of carbonyl (C=O) groups excluding carboxylic acids is 1. The van der Waals surface area contributed by atoms with E-state index in [-0.39, 0.29) is 18.7 Å². The lowest BCUT2D eigenvalue weighted by atomic mass is 10.1. The molecule has 2 saturated heterocycles. The van der Waals surface area contributed by atoms with Crippen LogP contribution in [0.4, 0.5) is 23.7 Å². The van der Waals surface area contributed by atoms with Gasteiger partial charge in [-0.05, 0) is 13.1 Å². The molecule has 0 saturated carbocycles. The number of halogens is 3. The maximum atomic E-state index is 13.5. The van der Waals surface area contributed by atoms with Gasteiger partial charge in [0, 0.05) is 52.1 Å². The van der Waals surface area contributed by atoms with Gasteiger partial charge in [0.1, 0.15) is 18.0 Å². The van der Waals surface area contributed by atoms with E-state index in [0.29, 0.717) is 57.1 Å². The number of ether oxygens (including phenoxy) is 2. The van der Waals surface area contributed by atoms with Crippen LogP contribution in [0.15, 0.2) is 18.6 Å². The first-order valence-corrected chi connectivity index (χ1v) is 12.3. The normalized spacial score (nSPS) is 20.7. The van der Waals surface area contributed by atoms with Crippen molar-refractivity contribution >= 4 is 11.7 Å². The molecule has 10 nitrogen and oxygen atoms in total. The number of carbonyl (C=O) groups is 1. The zero-order valence-corrected chi connectivity index (χ0v) is 20.9. The van der Waals surface area contributed by atoms with Gasteiger partial charge in [-0.2, -0.15) is 13.2 Å². The van der Waals surface area contributed by atoms with Crippen molar-refractivity contribution in [1.82, 2.24) is 29.7 Å². The summed E-state index contributed by atoms with van der Waals surface area (Å²) in [7, 11) is 3.21. The van der Waals surface area contributed by atoms with E-state index in [1.54, 1.807) is 4.90 Å². The van der Waals surface area contributed by atoms with Crippen LogP contribution in [0, 0.1) is 0 Å². The van der Waals surface area contributed by atoms with E-state index in [1.165, 1.54) is 12.5 Å². The second-order valence-electron chi connectivity index (χ2n) is 9.57. The minimum absolute atomic E-state index is 0.0302. The lowest BCUT2D eigenvalue weighted by Gasteiger charge is -2.35. The first-order valence-electron chi connectivity index (χ1n) is 12.3. The number of fused-ring (bicyclic) bond motifs is 1. The molecule has 200 valence electrons. The summed E-state index contributed by atoms with van der Waals surface area (Å²) in [5, 5.41) is 0. The molecular weight excluding hydrogens is 491 g/mol. The Balaban J connectivity index is 1.28. The molecule has 0 bridgehead atoms. The Labute approximate surface area is 213 Å². The van der Waals surface area contributed by atoms with Crippen LogP contribution in [0.5, 0.6) is 11.8 Å². The number of alkyl halides is 3. The summed E-state index contributed by atoms with van der Waals surface area (Å²) >= 11 is 0. The molecule has 3 aliphatic heterocycles. The third kappa shape index (κ3) is 5.36. The van der Waals surface area contributed by atoms with Crippen LogP contribution in [0.1, 0.15) is 23.2 Å². The number of nitrogens with zero attached hydrogens (tertiary/aromatic N) is 7. The van der Waals surface area contributed by atoms with E-state index in [9.17, 15) is 18.0 Å². The molecule has 0 aromatic carbocycles. The number of methoxy groups -OCH3 is 1. The molecule has 13 heteroatoms. The van der Waals surface area contributed by atoms with Gasteiger partial charge in [-0.3, -0.25) is 0 Å². The molecule has 37 heavy (non-hydrogen) atoms. The molecule has 0 spiro atoms. The molecule has 5 heterocycles. The number of pyridine rings is 1. The van der Waals surface area contributed by atoms with Gasteiger partial charge in [-0.1, -0.05) is 0 Å². The minimum Gasteiger partial charge on any atom is -0.481 e. The molecule has 2 aromatic heterocycles. The minimum atomic E-state index is -4.59. The van der Waals surface area contributed by atoms with Gasteiger partial charge < -0.3 is 29.1 Å². The van der Waals surface area contributed by atoms with E-state index in [0.717, 1.165) is 37.5 Å². The molecule has 1 unspecified atom stereocenters. The van der Waals surface area contributed by atoms with Crippen molar-refractivity contribution in [2.24, 2.45) is 0 Å². The Morgan fingerprint density at radius 2 is 1.81 bits per heavy atom. The van der Waals surface area contributed by atoms with E-state index in [1.807, 2.05) is 16.8 Å². The summed E-state index contributed by atoms with van der Waals surface area (Å²) in [5.41, 5.74) is 0.956. The number of anilines is 1. The second kappa shape index (κ2) is 10.2. The number of rotatable bonds is 4. The molecule has 2 fully saturated rings. The third-order valence-corrected chi connectivity index (χ3v) is 7.13. The Kier molecular flexibility index (Phi) is 6.97. The molecule has 0 N–H and O–H groups in total. The maximum absolute atomic E-state index is 13.5. The number of amides is 2. The SMILES string of the molecule is COc1ncc(N2CCc3ncnc(OC4CCN(C(=O)N5CCN(C)CC5)C4)c3C2)cc1C(F)(F)F. The maximum Gasteiger partial charge on any atom is 0.421 e. The fourth-order valence-corrected chi connectivity index (χ4v) is 4.97. The third-order valence-electron chi connectivity index (χ3n) is 7.13. The van der Waals surface area contributed by atoms with Crippen LogP contribution in [0.25, 0.3) is 0 Å². The van der Waals surface area contributed by atoms with Crippen LogP contribution in [0.3, 0.4) is 0 Å². The highest BCUT2D eigenvalue weighted by Crippen LogP contribution is 2.38. The average Bonchev–Trinajstić information content (AvgIpc) is 3.36. The summed E-state index contributed by atoms with van der Waals surface area (Å²) in [6.07, 6.45) is -0.773. The largest absolute Gasteiger partial charge is 0.481 e. The van der Waals surface area contributed by atoms with E-state index >= 15 is 0 Å². The van der Waals surface area contributed by atoms with Gasteiger partial charge in [0.25, 0.3) is 0 Å². The molecule has 0 aliphatic carbocycles. The fourth-order valence-electron chi connectivity index (χ4n) is 4.97. The van der Waals surface area contributed by atoms with Crippen molar-refractivity contribution in [2.75, 3.05) is 64.9 Å². The predicted octanol–water partition coefficient (Wildman–Crippen LogP) is 2.28. The van der Waals surface area contributed by atoms with Crippen LogP contribution >= 0.6 is 0 Å². The summed E-state index contributed by atoms with van der Waals surface area (Å²) in [6.45, 7) is 4.97. The van der Waals surface area contributed by atoms with Crippen molar-refractivity contribution in [3.63, 3.8) is 0 Å². The van der Waals surface area contributed by atoms with Crippen molar-refractivity contribution in [3.8, 4) is 11.8 Å². The lowest BCUT2D eigenvalue weighted by molar-refractivity contribution is -0.139. The van der Waals surface area contributed by atoms with Crippen LogP contribution in [-0.2, 0) is 19.1 Å². The molecule has 5 rings (SSSR count). The number of piperazine rings is 1. The molecular formula is C24H30F3N7O3. The van der Waals surface area contributed by atoms with Gasteiger partial charge in [-0.15, -0.1) is 0 Å². The smallest absolute Gasteiger partial charge is 0.421 e. The molecule has 2 aromatic rings. The Hall–Kier alpha value is -3.35. The van der Waals surface area contributed by atoms with E-state index < -0.39 is 17.6 Å². The zero-order valence-electron chi connectivity index (χ0n) is 20.9. The summed E-state index contributed by atoms with van der Waals surface area (Å²) in [4.78, 5) is 33.2. The van der Waals surface area contributed by atoms with Crippen molar-refractivity contribution in [2.45, 2.75) is 31.7 Å². The van der Waals surface area contributed by atoms with Crippen molar-refractivity contribution in [3.05, 3.63) is 35.4 Å². The average molecular weight is 522 g/mol. The fraction of sp³-hybridized carbons (Fsp3) is 0.583. The topological polar surface area (TPSA) is 87.2 Å². The van der Waals surface area contributed by atoms with E-state index in [4.69, 9.17) is 9.47 Å². The van der Waals surface area contributed by atoms with Gasteiger partial charge in [0.2, 0.25) is 11.8 Å². The quantitative estimate of drug-likeness (QED) is 0.606. The lowest BCUT2D eigenvalue weighted by Crippen LogP contribution is -2.51. The second-order valence-corrected chi connectivity index (χ2v) is 9.57. The first-order chi connectivity index (χ1) is 17.7. The molecule has 1 atom stereocenters. The van der Waals surface area contributed by atoms with Gasteiger partial charge in [-0.25, -0.2) is 19.7 Å². The van der Waals surface area contributed by atoms with Crippen molar-refractivity contribution in [1.29, 1.82) is 0 Å². The van der Waals surface area contributed by atoms with Gasteiger partial charge in [0.15, 0.2) is 0 Å². The van der Waals surface area contributed by atoms with E-state index in [2.05, 4.69) is 19.9 Å². The highest BCUT2D eigenvalue weighted by molar-refractivity contribution is 5.75. The molecule has 0 radical (unpaired) electrons. The van der Waals surface area contributed by atoms with Crippen LogP contribution in [0.2, 0.25) is 0 Å². The van der Waals surface area contributed by atoms with Gasteiger partial charge >= 0.3 is 12.2 Å². The summed E-state index contributed by atoms with van der Waals surface area (Å²) in [6, 6.07) is 1.09. The zero-order chi connectivity index (χ0) is 26.2. The Bertz CT molecular complexity index is 1140. The number of hydrogen-bond acceptors (Lipinski definition) is 8. The van der Waals surface area contributed by atoms with Crippen LogP contribution < -0.4 is 14.4 Å². The highest BCUT2D eigenvalue weighted by atomic mass is 19.4. The summed E-state index contributed by atoms with van der Waals surface area (Å²) in [5.74, 6) is -0.0518. The Morgan fingerprint density at radius 1 is 1.03 bits per heavy atom. The highest BCUT2D eigenvalue weighted by Gasteiger charge is 2.37. The Morgan fingerprint density at radius 3 is 2.54 bits per heavy atom. The standard InChI is InChI=1S/C24H30F3N7O3/c1-31-7-9-32(10-8-31)23(35)34-5-3-17(13-34)37-21-18-14-33(6-4-20(18)29-15-30-21)16-11-19(24(25,26)27)22(36-2)28-12-16/h11-12,15,17H,3-10,13-14H2,1-2H3. The predicted molar refractivity (Wildman–Crippen MR) is 128 cm³/mol. The van der Waals surface area contributed by atoms with Crippen LogP contribution in [-0.4, -0.2) is 102 Å². The number of urea groups is 1. The number of likely N-dealkylation sites (tertiary alicyclic amines) is 1. The molecule has 3 aliphatic rings. The monoisotopic (exact) mass is 521 g/mol.